The molecule has 1 atom stereocenters. The molecule has 2 aliphatic heterocycles. The average molecular weight is 301 g/mol. The predicted molar refractivity (Wildman–Crippen MR) is 80.1 cm³/mol. The molecule has 0 bridgehead atoms. The van der Waals surface area contributed by atoms with Gasteiger partial charge >= 0.3 is 0 Å². The van der Waals surface area contributed by atoms with Crippen LogP contribution < -0.4 is 10.6 Å². The second-order valence-electron chi connectivity index (χ2n) is 5.29. The number of hydrogen-bond acceptors (Lipinski definition) is 4. The van der Waals surface area contributed by atoms with Crippen molar-refractivity contribution in [3.8, 4) is 0 Å². The maximum atomic E-state index is 6.23. The van der Waals surface area contributed by atoms with Crippen LogP contribution in [-0.4, -0.2) is 42.1 Å². The molecule has 1 unspecified atom stereocenters. The van der Waals surface area contributed by atoms with Gasteiger partial charge in [-0.2, -0.15) is 0 Å². The van der Waals surface area contributed by atoms with E-state index >= 15 is 0 Å². The molecule has 2 N–H and O–H groups in total. The normalized spacial score (nSPS) is 24.3. The summed E-state index contributed by atoms with van der Waals surface area (Å²) in [6.07, 6.45) is 3.81. The van der Waals surface area contributed by atoms with Gasteiger partial charge in [0.15, 0.2) is 0 Å². The molecule has 4 nitrogen and oxygen atoms in total. The van der Waals surface area contributed by atoms with Crippen molar-refractivity contribution in [3.05, 3.63) is 16.1 Å². The maximum absolute atomic E-state index is 6.23. The molecule has 0 aromatic carbocycles. The highest BCUT2D eigenvalue weighted by Crippen LogP contribution is 2.33. The summed E-state index contributed by atoms with van der Waals surface area (Å²) < 4.78 is 0. The van der Waals surface area contributed by atoms with Crippen molar-refractivity contribution in [1.82, 2.24) is 9.88 Å². The lowest BCUT2D eigenvalue weighted by Crippen LogP contribution is -2.35. The van der Waals surface area contributed by atoms with Gasteiger partial charge in [-0.3, -0.25) is 4.90 Å². The first-order chi connectivity index (χ1) is 9.15. The summed E-state index contributed by atoms with van der Waals surface area (Å²) in [5.41, 5.74) is 5.78. The van der Waals surface area contributed by atoms with E-state index in [1.165, 1.54) is 32.4 Å². The fourth-order valence-corrected chi connectivity index (χ4v) is 3.51. The van der Waals surface area contributed by atoms with Gasteiger partial charge < -0.3 is 10.6 Å². The van der Waals surface area contributed by atoms with E-state index in [9.17, 15) is 0 Å². The first kappa shape index (κ1) is 13.3. The molecule has 0 spiro atoms. The first-order valence-electron chi connectivity index (χ1n) is 6.75. The monoisotopic (exact) mass is 300 g/mol. The number of nitrogens with two attached hydrogens (primary N) is 1. The molecule has 3 rings (SSSR count). The fraction of sp³-hybridized carbons (Fsp3) is 0.615. The van der Waals surface area contributed by atoms with Gasteiger partial charge in [0, 0.05) is 19.1 Å². The number of halogens is 2. The topological polar surface area (TPSA) is 45.4 Å². The summed E-state index contributed by atoms with van der Waals surface area (Å²) in [5.74, 6) is 1.12. The largest absolute Gasteiger partial charge is 0.382 e. The van der Waals surface area contributed by atoms with Gasteiger partial charge in [0.05, 0.1) is 10.0 Å². The second kappa shape index (κ2) is 5.35. The number of rotatable bonds is 2. The van der Waals surface area contributed by atoms with Gasteiger partial charge in [0.1, 0.15) is 11.6 Å². The van der Waals surface area contributed by atoms with E-state index < -0.39 is 0 Å². The average Bonchev–Trinajstić information content (AvgIpc) is 3.03. The van der Waals surface area contributed by atoms with Crippen LogP contribution in [0.1, 0.15) is 19.3 Å². The van der Waals surface area contributed by atoms with Crippen LogP contribution in [0.5, 0.6) is 0 Å². The molecule has 104 valence electrons. The minimum Gasteiger partial charge on any atom is -0.382 e. The van der Waals surface area contributed by atoms with Gasteiger partial charge in [-0.25, -0.2) is 4.98 Å². The first-order valence-corrected chi connectivity index (χ1v) is 7.51. The summed E-state index contributed by atoms with van der Waals surface area (Å²) in [6.45, 7) is 4.41. The van der Waals surface area contributed by atoms with Crippen LogP contribution in [0, 0.1) is 0 Å². The number of pyridine rings is 1. The molecule has 0 saturated carbocycles. The van der Waals surface area contributed by atoms with Crippen molar-refractivity contribution in [1.29, 1.82) is 0 Å². The molecular weight excluding hydrogens is 283 g/mol. The van der Waals surface area contributed by atoms with Crippen LogP contribution in [0.4, 0.5) is 11.6 Å². The van der Waals surface area contributed by atoms with Crippen LogP contribution in [0.3, 0.4) is 0 Å². The second-order valence-corrected chi connectivity index (χ2v) is 6.11. The van der Waals surface area contributed by atoms with Gasteiger partial charge in [-0.1, -0.05) is 23.2 Å². The zero-order valence-corrected chi connectivity index (χ0v) is 12.3. The summed E-state index contributed by atoms with van der Waals surface area (Å²) in [4.78, 5) is 9.13. The Balaban J connectivity index is 1.75. The van der Waals surface area contributed by atoms with E-state index in [0.717, 1.165) is 18.9 Å². The Morgan fingerprint density at radius 1 is 1.16 bits per heavy atom. The summed E-state index contributed by atoms with van der Waals surface area (Å²) in [5, 5.41) is 1.00. The van der Waals surface area contributed by atoms with E-state index in [-0.39, 0.29) is 0 Å². The van der Waals surface area contributed by atoms with Crippen LogP contribution in [-0.2, 0) is 0 Å². The SMILES string of the molecule is Nc1nc(N2CCC(N3CCCC3)C2)c(Cl)cc1Cl. The zero-order valence-electron chi connectivity index (χ0n) is 10.8. The Morgan fingerprint density at radius 3 is 2.63 bits per heavy atom. The highest BCUT2D eigenvalue weighted by atomic mass is 35.5. The van der Waals surface area contributed by atoms with Crippen molar-refractivity contribution in [2.45, 2.75) is 25.3 Å². The third kappa shape index (κ3) is 2.62. The maximum Gasteiger partial charge on any atom is 0.149 e. The van der Waals surface area contributed by atoms with E-state index in [1.54, 1.807) is 6.07 Å². The summed E-state index contributed by atoms with van der Waals surface area (Å²) >= 11 is 12.2. The van der Waals surface area contributed by atoms with Crippen molar-refractivity contribution >= 4 is 34.8 Å². The molecule has 1 aromatic rings. The molecule has 0 radical (unpaired) electrons. The Kier molecular flexibility index (Phi) is 3.74. The standard InChI is InChI=1S/C13H18Cl2N4/c14-10-7-11(15)13(17-12(10)16)19-6-3-9(8-19)18-4-1-2-5-18/h7,9H,1-6,8H2,(H2,16,17). The van der Waals surface area contributed by atoms with Crippen LogP contribution in [0.15, 0.2) is 6.07 Å². The molecule has 2 aliphatic rings. The highest BCUT2D eigenvalue weighted by Gasteiger charge is 2.30. The van der Waals surface area contributed by atoms with Gasteiger partial charge in [-0.05, 0) is 38.4 Å². The highest BCUT2D eigenvalue weighted by molar-refractivity contribution is 6.37. The van der Waals surface area contributed by atoms with Crippen LogP contribution >= 0.6 is 23.2 Å². The quantitative estimate of drug-likeness (QED) is 0.912. The molecule has 2 fully saturated rings. The van der Waals surface area contributed by atoms with E-state index in [1.807, 2.05) is 0 Å². The van der Waals surface area contributed by atoms with Crippen molar-refractivity contribution in [3.63, 3.8) is 0 Å². The lowest BCUT2D eigenvalue weighted by molar-refractivity contribution is 0.260. The number of nitrogen functional groups attached to an aromatic ring is 1. The molecule has 19 heavy (non-hydrogen) atoms. The number of hydrogen-bond donors (Lipinski definition) is 1. The Bertz CT molecular complexity index is 474. The minimum absolute atomic E-state index is 0.352. The third-order valence-corrected chi connectivity index (χ3v) is 4.64. The lowest BCUT2D eigenvalue weighted by Gasteiger charge is -2.24. The molecule has 1 aromatic heterocycles. The number of likely N-dealkylation sites (tertiary alicyclic amines) is 1. The minimum atomic E-state index is 0.352. The van der Waals surface area contributed by atoms with Crippen molar-refractivity contribution in [2.75, 3.05) is 36.8 Å². The number of aromatic nitrogens is 1. The lowest BCUT2D eigenvalue weighted by atomic mass is 10.2. The molecule has 6 heteroatoms. The van der Waals surface area contributed by atoms with Gasteiger partial charge in [0.2, 0.25) is 0 Å². The smallest absolute Gasteiger partial charge is 0.149 e. The number of nitrogens with zero attached hydrogens (tertiary/aromatic N) is 3. The molecule has 3 heterocycles. The zero-order chi connectivity index (χ0) is 13.4. The molecule has 0 amide bonds. The Labute approximate surface area is 123 Å². The third-order valence-electron chi connectivity index (χ3n) is 4.06. The summed E-state index contributed by atoms with van der Waals surface area (Å²) in [7, 11) is 0. The fourth-order valence-electron chi connectivity index (χ4n) is 3.03. The van der Waals surface area contributed by atoms with Crippen LogP contribution in [0.25, 0.3) is 0 Å². The molecule has 0 aliphatic carbocycles. The summed E-state index contributed by atoms with van der Waals surface area (Å²) in [6, 6.07) is 2.31. The Hall–Kier alpha value is -0.710. The van der Waals surface area contributed by atoms with E-state index in [2.05, 4.69) is 14.8 Å². The van der Waals surface area contributed by atoms with E-state index in [0.29, 0.717) is 21.9 Å². The molecular formula is C13H18Cl2N4. The predicted octanol–water partition coefficient (Wildman–Crippen LogP) is 2.65. The van der Waals surface area contributed by atoms with E-state index in [4.69, 9.17) is 28.9 Å². The van der Waals surface area contributed by atoms with Crippen molar-refractivity contribution < 1.29 is 0 Å². The number of anilines is 2. The van der Waals surface area contributed by atoms with Gasteiger partial charge in [0.25, 0.3) is 0 Å². The van der Waals surface area contributed by atoms with Crippen molar-refractivity contribution in [2.24, 2.45) is 0 Å². The molecule has 2 saturated heterocycles. The van der Waals surface area contributed by atoms with Gasteiger partial charge in [-0.15, -0.1) is 0 Å². The van der Waals surface area contributed by atoms with Crippen LogP contribution in [0.2, 0.25) is 10.0 Å². The Morgan fingerprint density at radius 2 is 1.89 bits per heavy atom.